The highest BCUT2D eigenvalue weighted by Crippen LogP contribution is 2.37. The lowest BCUT2D eigenvalue weighted by Gasteiger charge is -2.51. The fourth-order valence-corrected chi connectivity index (χ4v) is 5.24. The first-order chi connectivity index (χ1) is 13.1. The van der Waals surface area contributed by atoms with E-state index in [0.29, 0.717) is 0 Å². The number of hydrogen-bond donors (Lipinski definition) is 1. The molecule has 0 bridgehead atoms. The predicted octanol–water partition coefficient (Wildman–Crippen LogP) is 2.16. The van der Waals surface area contributed by atoms with Crippen LogP contribution in [-0.2, 0) is 12.1 Å². The van der Waals surface area contributed by atoms with E-state index in [2.05, 4.69) is 45.8 Å². The van der Waals surface area contributed by atoms with Gasteiger partial charge in [0.15, 0.2) is 0 Å². The number of aromatic nitrogens is 1. The third kappa shape index (κ3) is 3.96. The Morgan fingerprint density at radius 2 is 1.89 bits per heavy atom. The molecule has 3 heterocycles. The minimum absolute atomic E-state index is 0.121. The molecule has 4 rings (SSSR count). The highest BCUT2D eigenvalue weighted by atomic mass is 32.1. The molecule has 2 saturated heterocycles. The lowest BCUT2D eigenvalue weighted by atomic mass is 9.79. The van der Waals surface area contributed by atoms with Crippen molar-refractivity contribution in [3.05, 3.63) is 52.0 Å². The number of piperazine rings is 1. The van der Waals surface area contributed by atoms with Gasteiger partial charge >= 0.3 is 0 Å². The van der Waals surface area contributed by atoms with E-state index >= 15 is 0 Å². The minimum atomic E-state index is -0.781. The molecule has 6 heteroatoms. The van der Waals surface area contributed by atoms with Gasteiger partial charge in [-0.3, -0.25) is 9.80 Å². The Kier molecular flexibility index (Phi) is 5.62. The molecule has 0 unspecified atom stereocenters. The molecular formula is C21H30N4OS. The van der Waals surface area contributed by atoms with E-state index in [1.54, 1.807) is 11.3 Å². The van der Waals surface area contributed by atoms with Crippen LogP contribution >= 0.6 is 11.3 Å². The number of likely N-dealkylation sites (N-methyl/N-ethyl adjacent to an activating group) is 1. The summed E-state index contributed by atoms with van der Waals surface area (Å²) in [6.07, 6.45) is 0.770. The molecule has 0 radical (unpaired) electrons. The molecule has 2 atom stereocenters. The maximum Gasteiger partial charge on any atom is 0.108 e. The number of nitrogens with zero attached hydrogens (tertiary/aromatic N) is 4. The van der Waals surface area contributed by atoms with Gasteiger partial charge < -0.3 is 10.0 Å². The zero-order valence-corrected chi connectivity index (χ0v) is 17.2. The Bertz CT molecular complexity index is 744. The highest BCUT2D eigenvalue weighted by Gasteiger charge is 2.46. The van der Waals surface area contributed by atoms with Crippen molar-refractivity contribution < 1.29 is 5.11 Å². The molecule has 2 aliphatic rings. The summed E-state index contributed by atoms with van der Waals surface area (Å²) in [6, 6.07) is 10.4. The van der Waals surface area contributed by atoms with E-state index in [1.165, 1.54) is 4.88 Å². The zero-order chi connectivity index (χ0) is 18.9. The van der Waals surface area contributed by atoms with Crippen LogP contribution in [0.15, 0.2) is 35.8 Å². The third-order valence-corrected chi connectivity index (χ3v) is 7.18. The largest absolute Gasteiger partial charge is 0.383 e. The number of aryl methyl sites for hydroxylation is 1. The average molecular weight is 387 g/mol. The van der Waals surface area contributed by atoms with Crippen molar-refractivity contribution in [2.75, 3.05) is 46.3 Å². The second-order valence-corrected chi connectivity index (χ2v) is 8.93. The summed E-state index contributed by atoms with van der Waals surface area (Å²) in [5.74, 6) is 0. The maximum absolute atomic E-state index is 11.8. The predicted molar refractivity (Wildman–Crippen MR) is 110 cm³/mol. The van der Waals surface area contributed by atoms with Crippen LogP contribution < -0.4 is 0 Å². The molecule has 1 aromatic heterocycles. The SMILES string of the molecule is Cc1ncsc1CN1CC[C@](O)(c2ccccc2)[C@H](N2CCN(C)CC2)C1. The molecule has 1 aromatic carbocycles. The van der Waals surface area contributed by atoms with Crippen LogP contribution in [0, 0.1) is 6.92 Å². The van der Waals surface area contributed by atoms with Gasteiger partial charge in [0.1, 0.15) is 5.60 Å². The lowest BCUT2D eigenvalue weighted by Crippen LogP contribution is -2.63. The summed E-state index contributed by atoms with van der Waals surface area (Å²) in [4.78, 5) is 13.1. The van der Waals surface area contributed by atoms with E-state index in [0.717, 1.165) is 63.5 Å². The molecule has 0 saturated carbocycles. The van der Waals surface area contributed by atoms with Crippen LogP contribution in [0.25, 0.3) is 0 Å². The first kappa shape index (κ1) is 19.0. The fraction of sp³-hybridized carbons (Fsp3) is 0.571. The molecule has 2 fully saturated rings. The van der Waals surface area contributed by atoms with Crippen molar-refractivity contribution >= 4 is 11.3 Å². The number of rotatable bonds is 4. The van der Waals surface area contributed by atoms with Gasteiger partial charge in [0, 0.05) is 50.7 Å². The van der Waals surface area contributed by atoms with Gasteiger partial charge in [-0.15, -0.1) is 11.3 Å². The van der Waals surface area contributed by atoms with Gasteiger partial charge in [-0.2, -0.15) is 0 Å². The monoisotopic (exact) mass is 386 g/mol. The Hall–Kier alpha value is -1.31. The highest BCUT2D eigenvalue weighted by molar-refractivity contribution is 7.09. The minimum Gasteiger partial charge on any atom is -0.383 e. The number of likely N-dealkylation sites (tertiary alicyclic amines) is 1. The number of piperidine rings is 1. The van der Waals surface area contributed by atoms with E-state index in [9.17, 15) is 5.11 Å². The van der Waals surface area contributed by atoms with Gasteiger partial charge in [0.25, 0.3) is 0 Å². The number of aliphatic hydroxyl groups is 1. The summed E-state index contributed by atoms with van der Waals surface area (Å²) in [7, 11) is 2.18. The lowest BCUT2D eigenvalue weighted by molar-refractivity contribution is -0.108. The van der Waals surface area contributed by atoms with Gasteiger partial charge in [0.2, 0.25) is 0 Å². The van der Waals surface area contributed by atoms with Crippen molar-refractivity contribution in [3.63, 3.8) is 0 Å². The first-order valence-corrected chi connectivity index (χ1v) is 10.8. The van der Waals surface area contributed by atoms with Gasteiger partial charge in [-0.05, 0) is 26.0 Å². The molecule has 27 heavy (non-hydrogen) atoms. The molecule has 146 valence electrons. The molecule has 0 spiro atoms. The van der Waals surface area contributed by atoms with Gasteiger partial charge in [-0.1, -0.05) is 30.3 Å². The van der Waals surface area contributed by atoms with Crippen molar-refractivity contribution in [1.29, 1.82) is 0 Å². The topological polar surface area (TPSA) is 42.8 Å². The first-order valence-electron chi connectivity index (χ1n) is 9.88. The molecule has 2 aromatic rings. The molecule has 1 N–H and O–H groups in total. The van der Waals surface area contributed by atoms with Gasteiger partial charge in [-0.25, -0.2) is 4.98 Å². The number of benzene rings is 1. The van der Waals surface area contributed by atoms with Gasteiger partial charge in [0.05, 0.1) is 17.2 Å². The Labute approximate surface area is 166 Å². The Balaban J connectivity index is 1.57. The average Bonchev–Trinajstić information content (AvgIpc) is 3.09. The van der Waals surface area contributed by atoms with E-state index in [4.69, 9.17) is 0 Å². The quantitative estimate of drug-likeness (QED) is 0.872. The van der Waals surface area contributed by atoms with Crippen molar-refractivity contribution in [3.8, 4) is 0 Å². The zero-order valence-electron chi connectivity index (χ0n) is 16.3. The summed E-state index contributed by atoms with van der Waals surface area (Å²) in [6.45, 7) is 9.00. The normalized spacial score (nSPS) is 28.5. The summed E-state index contributed by atoms with van der Waals surface area (Å²) in [5, 5.41) is 11.8. The summed E-state index contributed by atoms with van der Waals surface area (Å²) in [5.41, 5.74) is 3.35. The summed E-state index contributed by atoms with van der Waals surface area (Å²) >= 11 is 1.74. The summed E-state index contributed by atoms with van der Waals surface area (Å²) < 4.78 is 0. The van der Waals surface area contributed by atoms with Crippen LogP contribution in [0.3, 0.4) is 0 Å². The molecule has 2 aliphatic heterocycles. The van der Waals surface area contributed by atoms with Crippen molar-refractivity contribution in [1.82, 2.24) is 19.7 Å². The molecule has 0 aliphatic carbocycles. The van der Waals surface area contributed by atoms with E-state index in [1.807, 2.05) is 23.7 Å². The van der Waals surface area contributed by atoms with Crippen molar-refractivity contribution in [2.24, 2.45) is 0 Å². The van der Waals surface area contributed by atoms with Crippen LogP contribution in [0.1, 0.15) is 22.6 Å². The second kappa shape index (κ2) is 7.97. The Morgan fingerprint density at radius 1 is 1.15 bits per heavy atom. The smallest absolute Gasteiger partial charge is 0.108 e. The molecule has 0 amide bonds. The Morgan fingerprint density at radius 3 is 2.56 bits per heavy atom. The van der Waals surface area contributed by atoms with Crippen LogP contribution in [0.5, 0.6) is 0 Å². The van der Waals surface area contributed by atoms with E-state index in [-0.39, 0.29) is 6.04 Å². The van der Waals surface area contributed by atoms with Crippen LogP contribution in [0.4, 0.5) is 0 Å². The van der Waals surface area contributed by atoms with E-state index < -0.39 is 5.60 Å². The number of thiazole rings is 1. The fourth-order valence-electron chi connectivity index (χ4n) is 4.42. The number of hydrogen-bond acceptors (Lipinski definition) is 6. The maximum atomic E-state index is 11.8. The molecule has 5 nitrogen and oxygen atoms in total. The van der Waals surface area contributed by atoms with Crippen LogP contribution in [0.2, 0.25) is 0 Å². The molecular weight excluding hydrogens is 356 g/mol. The van der Waals surface area contributed by atoms with Crippen LogP contribution in [-0.4, -0.2) is 77.1 Å². The van der Waals surface area contributed by atoms with Crippen molar-refractivity contribution in [2.45, 2.75) is 31.5 Å². The second-order valence-electron chi connectivity index (χ2n) is 7.99. The standard InChI is InChI=1S/C21H30N4OS/c1-17-19(27-16-22-17)14-24-9-8-21(26,18-6-4-3-5-7-18)20(15-24)25-12-10-23(2)11-13-25/h3-7,16,20,26H,8-15H2,1-2H3/t20-,21+/m1/s1. The third-order valence-electron chi connectivity index (χ3n) is 6.26.